The van der Waals surface area contributed by atoms with Crippen LogP contribution in [0, 0.1) is 23.2 Å². The molecule has 0 bridgehead atoms. The van der Waals surface area contributed by atoms with Gasteiger partial charge < -0.3 is 10.6 Å². The van der Waals surface area contributed by atoms with Gasteiger partial charge in [0.15, 0.2) is 0 Å². The number of fused-ring (bicyclic) bond motifs is 1. The molecule has 0 aromatic carbocycles. The summed E-state index contributed by atoms with van der Waals surface area (Å²) in [6.07, 6.45) is 5.28. The predicted octanol–water partition coefficient (Wildman–Crippen LogP) is 1.52. The normalized spacial score (nSPS) is 30.9. The predicted molar refractivity (Wildman–Crippen MR) is 70.0 cm³/mol. The molecule has 0 radical (unpaired) electrons. The highest BCUT2D eigenvalue weighted by molar-refractivity contribution is 5.49. The second kappa shape index (κ2) is 4.58. The number of hydrogen-bond donors (Lipinski definition) is 1. The van der Waals surface area contributed by atoms with Crippen LogP contribution in [-0.4, -0.2) is 24.1 Å². The summed E-state index contributed by atoms with van der Waals surface area (Å²) in [5.74, 6) is 1.51. The van der Waals surface area contributed by atoms with Gasteiger partial charge in [-0.2, -0.15) is 5.26 Å². The Labute approximate surface area is 107 Å². The molecular formula is C14H18N4. The first-order valence-corrected chi connectivity index (χ1v) is 6.63. The Bertz CT molecular complexity index is 479. The highest BCUT2D eigenvalue weighted by atomic mass is 15.2. The number of nitriles is 1. The molecule has 1 aromatic heterocycles. The van der Waals surface area contributed by atoms with Gasteiger partial charge in [0.2, 0.25) is 0 Å². The van der Waals surface area contributed by atoms with Gasteiger partial charge in [0.05, 0.1) is 0 Å². The van der Waals surface area contributed by atoms with Crippen LogP contribution < -0.4 is 10.6 Å². The van der Waals surface area contributed by atoms with Gasteiger partial charge in [-0.05, 0) is 43.2 Å². The van der Waals surface area contributed by atoms with Crippen molar-refractivity contribution in [1.82, 2.24) is 4.98 Å². The van der Waals surface area contributed by atoms with Gasteiger partial charge in [0, 0.05) is 31.0 Å². The van der Waals surface area contributed by atoms with Crippen LogP contribution in [0.1, 0.15) is 25.0 Å². The summed E-state index contributed by atoms with van der Waals surface area (Å²) in [5.41, 5.74) is 7.68. The zero-order valence-corrected chi connectivity index (χ0v) is 10.4. The number of nitrogens with zero attached hydrogens (tertiary/aromatic N) is 3. The summed E-state index contributed by atoms with van der Waals surface area (Å²) in [6, 6.07) is 6.37. The molecule has 1 saturated carbocycles. The van der Waals surface area contributed by atoms with Gasteiger partial charge in [-0.1, -0.05) is 0 Å². The van der Waals surface area contributed by atoms with Crippen LogP contribution in [0.3, 0.4) is 0 Å². The maximum Gasteiger partial charge on any atom is 0.142 e. The molecule has 2 heterocycles. The molecular weight excluding hydrogens is 224 g/mol. The van der Waals surface area contributed by atoms with E-state index >= 15 is 0 Å². The number of nitrogens with two attached hydrogens (primary N) is 1. The van der Waals surface area contributed by atoms with E-state index in [1.165, 1.54) is 6.42 Å². The van der Waals surface area contributed by atoms with E-state index in [0.717, 1.165) is 43.5 Å². The highest BCUT2D eigenvalue weighted by Crippen LogP contribution is 2.37. The Morgan fingerprint density at radius 3 is 3.00 bits per heavy atom. The maximum atomic E-state index is 8.90. The molecule has 18 heavy (non-hydrogen) atoms. The van der Waals surface area contributed by atoms with E-state index in [0.29, 0.717) is 11.7 Å². The Hall–Kier alpha value is -1.60. The minimum atomic E-state index is 0.387. The third kappa shape index (κ3) is 2.06. The van der Waals surface area contributed by atoms with Crippen molar-refractivity contribution in [3.05, 3.63) is 24.0 Å². The van der Waals surface area contributed by atoms with Gasteiger partial charge >= 0.3 is 0 Å². The molecule has 1 aromatic rings. The number of anilines is 1. The van der Waals surface area contributed by atoms with E-state index in [1.54, 1.807) is 6.20 Å². The van der Waals surface area contributed by atoms with Crippen molar-refractivity contribution in [2.45, 2.75) is 25.3 Å². The van der Waals surface area contributed by atoms with Gasteiger partial charge in [-0.3, -0.25) is 0 Å². The van der Waals surface area contributed by atoms with Gasteiger partial charge in [0.1, 0.15) is 11.8 Å². The lowest BCUT2D eigenvalue weighted by atomic mass is 9.79. The molecule has 2 aliphatic rings. The molecule has 2 N–H and O–H groups in total. The zero-order chi connectivity index (χ0) is 12.5. The molecule has 4 heteroatoms. The van der Waals surface area contributed by atoms with Crippen LogP contribution >= 0.6 is 0 Å². The minimum absolute atomic E-state index is 0.387. The maximum absolute atomic E-state index is 8.90. The van der Waals surface area contributed by atoms with Crippen LogP contribution in [0.4, 0.5) is 5.69 Å². The van der Waals surface area contributed by atoms with Crippen molar-refractivity contribution >= 4 is 5.69 Å². The van der Waals surface area contributed by atoms with Crippen LogP contribution in [0.5, 0.6) is 0 Å². The van der Waals surface area contributed by atoms with Gasteiger partial charge in [-0.25, -0.2) is 4.98 Å². The average Bonchev–Trinajstić information content (AvgIpc) is 2.81. The molecule has 1 saturated heterocycles. The van der Waals surface area contributed by atoms with Crippen LogP contribution in [-0.2, 0) is 0 Å². The summed E-state index contributed by atoms with van der Waals surface area (Å²) in [6.45, 7) is 2.18. The van der Waals surface area contributed by atoms with Crippen LogP contribution in [0.25, 0.3) is 0 Å². The molecule has 3 rings (SSSR count). The largest absolute Gasteiger partial charge is 0.371 e. The fraction of sp³-hybridized carbons (Fsp3) is 0.571. The van der Waals surface area contributed by atoms with Crippen molar-refractivity contribution < 1.29 is 0 Å². The van der Waals surface area contributed by atoms with Crippen LogP contribution in [0.2, 0.25) is 0 Å². The number of pyridine rings is 1. The van der Waals surface area contributed by atoms with E-state index in [-0.39, 0.29) is 0 Å². The molecule has 2 fully saturated rings. The van der Waals surface area contributed by atoms with E-state index in [4.69, 9.17) is 11.0 Å². The van der Waals surface area contributed by atoms with Crippen molar-refractivity contribution in [1.29, 1.82) is 5.26 Å². The van der Waals surface area contributed by atoms with Crippen molar-refractivity contribution in [3.8, 4) is 6.07 Å². The Kier molecular flexibility index (Phi) is 2.92. The van der Waals surface area contributed by atoms with Crippen molar-refractivity contribution in [2.24, 2.45) is 17.6 Å². The van der Waals surface area contributed by atoms with E-state index < -0.39 is 0 Å². The first-order chi connectivity index (χ1) is 8.76. The van der Waals surface area contributed by atoms with E-state index in [9.17, 15) is 0 Å². The van der Waals surface area contributed by atoms with Gasteiger partial charge in [-0.15, -0.1) is 0 Å². The van der Waals surface area contributed by atoms with Crippen molar-refractivity contribution in [2.75, 3.05) is 18.0 Å². The van der Waals surface area contributed by atoms with Gasteiger partial charge in [0.25, 0.3) is 0 Å². The monoisotopic (exact) mass is 242 g/mol. The molecule has 1 aliphatic heterocycles. The SMILES string of the molecule is N#Cc1cc(N2C[C@H]3CCC(N)C[C@H]3C2)ccn1. The minimum Gasteiger partial charge on any atom is -0.371 e. The van der Waals surface area contributed by atoms with E-state index in [1.807, 2.05) is 12.1 Å². The molecule has 1 aliphatic carbocycles. The zero-order valence-electron chi connectivity index (χ0n) is 10.4. The fourth-order valence-corrected chi connectivity index (χ4v) is 3.36. The molecule has 3 atom stereocenters. The van der Waals surface area contributed by atoms with Crippen LogP contribution in [0.15, 0.2) is 18.3 Å². The quantitative estimate of drug-likeness (QED) is 0.810. The lowest BCUT2D eigenvalue weighted by molar-refractivity contribution is 0.271. The first kappa shape index (κ1) is 11.5. The fourth-order valence-electron chi connectivity index (χ4n) is 3.36. The number of hydrogen-bond acceptors (Lipinski definition) is 4. The molecule has 1 unspecified atom stereocenters. The average molecular weight is 242 g/mol. The van der Waals surface area contributed by atoms with E-state index in [2.05, 4.69) is 16.0 Å². The Morgan fingerprint density at radius 2 is 2.17 bits per heavy atom. The highest BCUT2D eigenvalue weighted by Gasteiger charge is 2.36. The molecule has 94 valence electrons. The summed E-state index contributed by atoms with van der Waals surface area (Å²) >= 11 is 0. The lowest BCUT2D eigenvalue weighted by Gasteiger charge is -2.27. The second-order valence-electron chi connectivity index (χ2n) is 5.51. The smallest absolute Gasteiger partial charge is 0.142 e. The Balaban J connectivity index is 1.77. The second-order valence-corrected chi connectivity index (χ2v) is 5.51. The number of aromatic nitrogens is 1. The molecule has 4 nitrogen and oxygen atoms in total. The lowest BCUT2D eigenvalue weighted by Crippen LogP contribution is -2.32. The summed E-state index contributed by atoms with van der Waals surface area (Å²) in [7, 11) is 0. The standard InChI is InChI=1S/C14H18N4/c15-7-13-6-14(3-4-17-13)18-8-10-1-2-12(16)5-11(10)9-18/h3-4,6,10-12H,1-2,5,8-9,16H2/t10-,11+,12?/m1/s1. The number of rotatable bonds is 1. The van der Waals surface area contributed by atoms with Crippen molar-refractivity contribution in [3.63, 3.8) is 0 Å². The summed E-state index contributed by atoms with van der Waals surface area (Å²) in [4.78, 5) is 6.41. The first-order valence-electron chi connectivity index (χ1n) is 6.63. The molecule has 0 spiro atoms. The summed E-state index contributed by atoms with van der Waals surface area (Å²) in [5, 5.41) is 8.90. The third-order valence-corrected chi connectivity index (χ3v) is 4.31. The Morgan fingerprint density at radius 1 is 1.33 bits per heavy atom. The molecule has 0 amide bonds. The summed E-state index contributed by atoms with van der Waals surface area (Å²) < 4.78 is 0. The third-order valence-electron chi connectivity index (χ3n) is 4.31. The topological polar surface area (TPSA) is 65.9 Å².